The number of aromatic nitrogens is 2. The molecule has 2 heterocycles. The maximum Gasteiger partial charge on any atom is 0.225 e. The molecule has 156 valence electrons. The summed E-state index contributed by atoms with van der Waals surface area (Å²) in [4.78, 5) is 29.5. The van der Waals surface area contributed by atoms with E-state index >= 15 is 0 Å². The lowest BCUT2D eigenvalue weighted by Crippen LogP contribution is -2.53. The third-order valence-electron chi connectivity index (χ3n) is 6.76. The van der Waals surface area contributed by atoms with E-state index in [1.807, 2.05) is 12.1 Å². The fourth-order valence-electron chi connectivity index (χ4n) is 5.09. The highest BCUT2D eigenvalue weighted by molar-refractivity contribution is 5.85. The minimum absolute atomic E-state index is 0.0431. The second-order valence-corrected chi connectivity index (χ2v) is 8.58. The summed E-state index contributed by atoms with van der Waals surface area (Å²) in [5.74, 6) is 1.61. The number of piperidine rings is 1. The zero-order chi connectivity index (χ0) is 20.2. The summed E-state index contributed by atoms with van der Waals surface area (Å²) >= 11 is 0. The molecular formula is C23H32N4O2. The van der Waals surface area contributed by atoms with Gasteiger partial charge in [0, 0.05) is 32.5 Å². The lowest BCUT2D eigenvalue weighted by atomic mass is 9.69. The fraction of sp³-hybridized carbons (Fsp3) is 0.609. The summed E-state index contributed by atoms with van der Waals surface area (Å²) < 4.78 is 2.18. The molecule has 0 spiro atoms. The zero-order valence-electron chi connectivity index (χ0n) is 17.3. The number of unbranched alkanes of at least 4 members (excludes halogenated alkanes) is 2. The van der Waals surface area contributed by atoms with Gasteiger partial charge in [0.05, 0.1) is 17.0 Å². The largest absolute Gasteiger partial charge is 0.356 e. The number of rotatable bonds is 7. The predicted molar refractivity (Wildman–Crippen MR) is 113 cm³/mol. The molecule has 1 saturated heterocycles. The van der Waals surface area contributed by atoms with Crippen LogP contribution in [-0.4, -0.2) is 34.5 Å². The molecule has 29 heavy (non-hydrogen) atoms. The number of aryl methyl sites for hydroxylation is 2. The van der Waals surface area contributed by atoms with Crippen LogP contribution in [0.2, 0.25) is 0 Å². The van der Waals surface area contributed by atoms with Crippen LogP contribution in [0.15, 0.2) is 24.3 Å². The molecule has 1 aromatic carbocycles. The first-order chi connectivity index (χ1) is 14.1. The van der Waals surface area contributed by atoms with Crippen molar-refractivity contribution < 1.29 is 9.59 Å². The van der Waals surface area contributed by atoms with Crippen LogP contribution < -0.4 is 10.6 Å². The molecule has 0 bridgehead atoms. The van der Waals surface area contributed by atoms with Gasteiger partial charge < -0.3 is 15.2 Å². The van der Waals surface area contributed by atoms with Gasteiger partial charge in [-0.3, -0.25) is 9.59 Å². The van der Waals surface area contributed by atoms with Gasteiger partial charge in [0.2, 0.25) is 11.8 Å². The normalized spacial score (nSPS) is 24.2. The quantitative estimate of drug-likeness (QED) is 0.707. The van der Waals surface area contributed by atoms with Crippen molar-refractivity contribution in [2.45, 2.75) is 51.4 Å². The van der Waals surface area contributed by atoms with Gasteiger partial charge in [-0.25, -0.2) is 4.98 Å². The summed E-state index contributed by atoms with van der Waals surface area (Å²) in [6.45, 7) is 1.21. The van der Waals surface area contributed by atoms with E-state index in [0.717, 1.165) is 62.7 Å². The van der Waals surface area contributed by atoms with E-state index in [9.17, 15) is 9.59 Å². The number of nitrogens with one attached hydrogen (secondary N) is 2. The Morgan fingerprint density at radius 2 is 2.03 bits per heavy atom. The third-order valence-corrected chi connectivity index (χ3v) is 6.76. The number of benzene rings is 1. The van der Waals surface area contributed by atoms with Gasteiger partial charge in [-0.2, -0.15) is 0 Å². The Bertz CT molecular complexity index is 875. The van der Waals surface area contributed by atoms with Crippen molar-refractivity contribution in [3.8, 4) is 0 Å². The molecule has 2 N–H and O–H groups in total. The smallest absolute Gasteiger partial charge is 0.225 e. The van der Waals surface area contributed by atoms with Gasteiger partial charge in [-0.1, -0.05) is 31.4 Å². The first-order valence-corrected chi connectivity index (χ1v) is 11.1. The molecule has 6 nitrogen and oxygen atoms in total. The summed E-state index contributed by atoms with van der Waals surface area (Å²) in [5, 5.41) is 6.07. The Morgan fingerprint density at radius 1 is 1.21 bits per heavy atom. The predicted octanol–water partition coefficient (Wildman–Crippen LogP) is 2.95. The third kappa shape index (κ3) is 4.31. The number of hydrogen-bond donors (Lipinski definition) is 2. The van der Waals surface area contributed by atoms with Gasteiger partial charge in [-0.05, 0) is 43.7 Å². The fourth-order valence-corrected chi connectivity index (χ4v) is 5.09. The van der Waals surface area contributed by atoms with E-state index in [1.165, 1.54) is 5.52 Å². The van der Waals surface area contributed by atoms with Crippen LogP contribution in [0.3, 0.4) is 0 Å². The molecule has 2 aromatic rings. The van der Waals surface area contributed by atoms with Crippen molar-refractivity contribution in [1.82, 2.24) is 20.2 Å². The summed E-state index contributed by atoms with van der Waals surface area (Å²) in [6, 6.07) is 8.23. The van der Waals surface area contributed by atoms with Crippen molar-refractivity contribution in [3.63, 3.8) is 0 Å². The van der Waals surface area contributed by atoms with E-state index in [0.29, 0.717) is 13.1 Å². The van der Waals surface area contributed by atoms with Crippen LogP contribution in [0.4, 0.5) is 0 Å². The van der Waals surface area contributed by atoms with Crippen LogP contribution in [0, 0.1) is 17.8 Å². The van der Waals surface area contributed by atoms with Gasteiger partial charge >= 0.3 is 0 Å². The molecule has 6 heteroatoms. The Balaban J connectivity index is 1.19. The first kappa shape index (κ1) is 19.9. The minimum atomic E-state index is -0.0574. The molecule has 2 fully saturated rings. The number of para-hydroxylation sites is 2. The molecule has 3 unspecified atom stereocenters. The van der Waals surface area contributed by atoms with Crippen molar-refractivity contribution in [1.29, 1.82) is 0 Å². The second kappa shape index (κ2) is 8.97. The highest BCUT2D eigenvalue weighted by atomic mass is 16.2. The molecule has 1 aromatic heterocycles. The molecule has 4 rings (SSSR count). The average Bonchev–Trinajstić information content (AvgIpc) is 3.07. The summed E-state index contributed by atoms with van der Waals surface area (Å²) in [5.41, 5.74) is 2.23. The summed E-state index contributed by atoms with van der Waals surface area (Å²) in [7, 11) is 2.08. The van der Waals surface area contributed by atoms with Crippen molar-refractivity contribution >= 4 is 22.8 Å². The molecule has 2 aliphatic rings. The lowest BCUT2D eigenvalue weighted by molar-refractivity contribution is -0.138. The highest BCUT2D eigenvalue weighted by Crippen LogP contribution is 2.37. The molecule has 0 radical (unpaired) electrons. The van der Waals surface area contributed by atoms with Crippen molar-refractivity contribution in [2.24, 2.45) is 24.8 Å². The average molecular weight is 397 g/mol. The molecule has 1 saturated carbocycles. The van der Waals surface area contributed by atoms with Crippen LogP contribution in [0.25, 0.3) is 11.0 Å². The number of amides is 2. The molecule has 3 atom stereocenters. The maximum atomic E-state index is 12.7. The van der Waals surface area contributed by atoms with E-state index < -0.39 is 0 Å². The highest BCUT2D eigenvalue weighted by Gasteiger charge is 2.42. The maximum absolute atomic E-state index is 12.7. The number of carbonyl (C=O) groups is 2. The number of imidazole rings is 1. The van der Waals surface area contributed by atoms with E-state index in [2.05, 4.69) is 34.4 Å². The van der Waals surface area contributed by atoms with Crippen LogP contribution in [-0.2, 0) is 23.1 Å². The van der Waals surface area contributed by atoms with Crippen LogP contribution >= 0.6 is 0 Å². The minimum Gasteiger partial charge on any atom is -0.356 e. The van der Waals surface area contributed by atoms with Gasteiger partial charge in [0.25, 0.3) is 0 Å². The van der Waals surface area contributed by atoms with Gasteiger partial charge in [0.15, 0.2) is 0 Å². The monoisotopic (exact) mass is 396 g/mol. The SMILES string of the molecule is Cn1c(CCCCCNC(=O)C2CNC(=O)C3CCCCC32)nc2ccccc21. The Kier molecular flexibility index (Phi) is 6.16. The van der Waals surface area contributed by atoms with Crippen molar-refractivity contribution in [3.05, 3.63) is 30.1 Å². The van der Waals surface area contributed by atoms with E-state index in [4.69, 9.17) is 4.98 Å². The first-order valence-electron chi connectivity index (χ1n) is 11.1. The van der Waals surface area contributed by atoms with Gasteiger partial charge in [-0.15, -0.1) is 0 Å². The Hall–Kier alpha value is -2.37. The van der Waals surface area contributed by atoms with Crippen molar-refractivity contribution in [2.75, 3.05) is 13.1 Å². The Morgan fingerprint density at radius 3 is 2.90 bits per heavy atom. The van der Waals surface area contributed by atoms with Crippen LogP contribution in [0.5, 0.6) is 0 Å². The number of nitrogens with zero attached hydrogens (tertiary/aromatic N) is 2. The molecule has 1 aliphatic heterocycles. The number of hydrogen-bond acceptors (Lipinski definition) is 3. The number of carbonyl (C=O) groups excluding carboxylic acids is 2. The second-order valence-electron chi connectivity index (χ2n) is 8.58. The molecule has 1 aliphatic carbocycles. The lowest BCUT2D eigenvalue weighted by Gasteiger charge is -2.39. The Labute approximate surface area is 172 Å². The topological polar surface area (TPSA) is 76.0 Å². The number of fused-ring (bicyclic) bond motifs is 2. The van der Waals surface area contributed by atoms with Gasteiger partial charge in [0.1, 0.15) is 5.82 Å². The molecular weight excluding hydrogens is 364 g/mol. The zero-order valence-corrected chi connectivity index (χ0v) is 17.3. The summed E-state index contributed by atoms with van der Waals surface area (Å²) in [6.07, 6.45) is 8.25. The van der Waals surface area contributed by atoms with Crippen LogP contribution in [0.1, 0.15) is 50.8 Å². The molecule has 2 amide bonds. The van der Waals surface area contributed by atoms with E-state index in [1.54, 1.807) is 0 Å². The van der Waals surface area contributed by atoms with E-state index in [-0.39, 0.29) is 29.6 Å². The standard InChI is InChI=1S/C23H32N4O2/c1-27-20-12-7-6-11-19(20)26-21(27)13-3-2-8-14-24-23(29)18-15-25-22(28)17-10-5-4-9-16(17)18/h6-7,11-12,16-18H,2-5,8-10,13-15H2,1H3,(H,24,29)(H,25,28).